The zero-order valence-corrected chi connectivity index (χ0v) is 16.9. The first-order chi connectivity index (χ1) is 13.5. The summed E-state index contributed by atoms with van der Waals surface area (Å²) in [6, 6.07) is 13.2. The molecule has 1 aliphatic heterocycles. The summed E-state index contributed by atoms with van der Waals surface area (Å²) in [4.78, 5) is 4.10. The number of hydrogen-bond donors (Lipinski definition) is 0. The minimum Gasteiger partial charge on any atom is -0.491 e. The van der Waals surface area contributed by atoms with Gasteiger partial charge in [0.15, 0.2) is 0 Å². The number of rotatable bonds is 6. The quantitative estimate of drug-likeness (QED) is 0.573. The molecule has 0 radical (unpaired) electrons. The SMILES string of the molecule is Cc1ccc(OCC2COC(Cn3ccnc3)(c3ccc(Cl)cc3Cl)O2)cc1. The van der Waals surface area contributed by atoms with Crippen LogP contribution in [0.1, 0.15) is 11.1 Å². The van der Waals surface area contributed by atoms with Gasteiger partial charge in [-0.2, -0.15) is 0 Å². The summed E-state index contributed by atoms with van der Waals surface area (Å²) >= 11 is 12.5. The molecule has 1 fully saturated rings. The van der Waals surface area contributed by atoms with Crippen molar-refractivity contribution < 1.29 is 14.2 Å². The average molecular weight is 419 g/mol. The Kier molecular flexibility index (Phi) is 5.60. The van der Waals surface area contributed by atoms with Crippen LogP contribution in [0.25, 0.3) is 0 Å². The number of hydrogen-bond acceptors (Lipinski definition) is 4. The molecule has 5 nitrogen and oxygen atoms in total. The molecule has 2 aromatic carbocycles. The maximum atomic E-state index is 6.47. The van der Waals surface area contributed by atoms with Crippen molar-refractivity contribution in [2.45, 2.75) is 25.4 Å². The fraction of sp³-hybridized carbons (Fsp3) is 0.286. The Morgan fingerprint density at radius 1 is 1.21 bits per heavy atom. The standard InChI is InChI=1S/C21H20Cl2N2O3/c1-15-2-5-17(6-3-15)26-11-18-12-27-21(28-18,13-25-9-8-24-14-25)19-7-4-16(22)10-20(19)23/h2-10,14,18H,11-13H2,1H3. The van der Waals surface area contributed by atoms with E-state index in [-0.39, 0.29) is 6.10 Å². The normalized spacial score (nSPS) is 21.8. The van der Waals surface area contributed by atoms with E-state index in [4.69, 9.17) is 37.4 Å². The van der Waals surface area contributed by atoms with Gasteiger partial charge in [0.05, 0.1) is 24.5 Å². The van der Waals surface area contributed by atoms with Crippen molar-refractivity contribution in [3.8, 4) is 5.75 Å². The molecule has 1 aliphatic rings. The first-order valence-electron chi connectivity index (χ1n) is 8.97. The molecular formula is C21H20Cl2N2O3. The largest absolute Gasteiger partial charge is 0.491 e. The van der Waals surface area contributed by atoms with Crippen LogP contribution in [-0.2, 0) is 21.8 Å². The summed E-state index contributed by atoms with van der Waals surface area (Å²) in [5.41, 5.74) is 1.91. The van der Waals surface area contributed by atoms with Crippen molar-refractivity contribution in [3.63, 3.8) is 0 Å². The lowest BCUT2D eigenvalue weighted by molar-refractivity contribution is -0.189. The summed E-state index contributed by atoms with van der Waals surface area (Å²) in [5.74, 6) is -0.241. The van der Waals surface area contributed by atoms with Crippen molar-refractivity contribution in [3.05, 3.63) is 82.4 Å². The van der Waals surface area contributed by atoms with Gasteiger partial charge < -0.3 is 18.8 Å². The lowest BCUT2D eigenvalue weighted by atomic mass is 10.1. The summed E-state index contributed by atoms with van der Waals surface area (Å²) in [7, 11) is 0. The van der Waals surface area contributed by atoms with Crippen LogP contribution in [0, 0.1) is 6.92 Å². The van der Waals surface area contributed by atoms with Crippen LogP contribution < -0.4 is 4.74 Å². The second-order valence-corrected chi connectivity index (χ2v) is 7.63. The molecule has 2 heterocycles. The highest BCUT2D eigenvalue weighted by atomic mass is 35.5. The van der Waals surface area contributed by atoms with Crippen LogP contribution in [0.5, 0.6) is 5.75 Å². The third-order valence-electron chi connectivity index (χ3n) is 4.61. The van der Waals surface area contributed by atoms with Crippen LogP contribution >= 0.6 is 23.2 Å². The summed E-state index contributed by atoms with van der Waals surface area (Å²) in [6.45, 7) is 3.22. The van der Waals surface area contributed by atoms with Crippen molar-refractivity contribution in [1.82, 2.24) is 9.55 Å². The van der Waals surface area contributed by atoms with Gasteiger partial charge in [0, 0.05) is 23.0 Å². The van der Waals surface area contributed by atoms with Gasteiger partial charge in [-0.15, -0.1) is 0 Å². The molecule has 4 rings (SSSR count). The smallest absolute Gasteiger partial charge is 0.215 e. The molecule has 0 N–H and O–H groups in total. The van der Waals surface area contributed by atoms with Gasteiger partial charge in [-0.3, -0.25) is 0 Å². The summed E-state index contributed by atoms with van der Waals surface area (Å²) in [6.07, 6.45) is 5.05. The van der Waals surface area contributed by atoms with E-state index >= 15 is 0 Å². The maximum absolute atomic E-state index is 6.47. The third kappa shape index (κ3) is 4.18. The van der Waals surface area contributed by atoms with Gasteiger partial charge in [0.25, 0.3) is 0 Å². The molecule has 0 saturated carbocycles. The molecular weight excluding hydrogens is 399 g/mol. The zero-order chi connectivity index (χ0) is 19.6. The maximum Gasteiger partial charge on any atom is 0.215 e. The highest BCUT2D eigenvalue weighted by Crippen LogP contribution is 2.40. The number of aryl methyl sites for hydroxylation is 1. The Balaban J connectivity index is 1.54. The summed E-state index contributed by atoms with van der Waals surface area (Å²) < 4.78 is 20.3. The predicted octanol–water partition coefficient (Wildman–Crippen LogP) is 4.85. The fourth-order valence-corrected chi connectivity index (χ4v) is 3.75. The van der Waals surface area contributed by atoms with Crippen LogP contribution in [0.15, 0.2) is 61.2 Å². The van der Waals surface area contributed by atoms with Gasteiger partial charge in [-0.1, -0.05) is 47.0 Å². The molecule has 2 unspecified atom stereocenters. The number of imidazole rings is 1. The van der Waals surface area contributed by atoms with Gasteiger partial charge in [-0.05, 0) is 31.2 Å². The topological polar surface area (TPSA) is 45.5 Å². The Bertz CT molecular complexity index is 931. The zero-order valence-electron chi connectivity index (χ0n) is 15.3. The Labute approximate surface area is 173 Å². The highest BCUT2D eigenvalue weighted by molar-refractivity contribution is 6.35. The molecule has 2 atom stereocenters. The minimum absolute atomic E-state index is 0.239. The molecule has 1 saturated heterocycles. The Morgan fingerprint density at radius 2 is 2.04 bits per heavy atom. The predicted molar refractivity (Wildman–Crippen MR) is 108 cm³/mol. The van der Waals surface area contributed by atoms with Crippen molar-refractivity contribution >= 4 is 23.2 Å². The van der Waals surface area contributed by atoms with Crippen molar-refractivity contribution in [1.29, 1.82) is 0 Å². The van der Waals surface area contributed by atoms with Gasteiger partial charge in [0.2, 0.25) is 5.79 Å². The van der Waals surface area contributed by atoms with Crippen molar-refractivity contribution in [2.24, 2.45) is 0 Å². The average Bonchev–Trinajstić information content (AvgIpc) is 3.32. The summed E-state index contributed by atoms with van der Waals surface area (Å²) in [5, 5.41) is 1.05. The molecule has 0 bridgehead atoms. The van der Waals surface area contributed by atoms with Crippen LogP contribution in [0.3, 0.4) is 0 Å². The van der Waals surface area contributed by atoms with Crippen LogP contribution in [0.4, 0.5) is 0 Å². The van der Waals surface area contributed by atoms with E-state index in [0.717, 1.165) is 11.3 Å². The van der Waals surface area contributed by atoms with E-state index in [1.54, 1.807) is 24.7 Å². The second kappa shape index (κ2) is 8.13. The van der Waals surface area contributed by atoms with E-state index in [9.17, 15) is 0 Å². The number of aromatic nitrogens is 2. The molecule has 1 aromatic heterocycles. The fourth-order valence-electron chi connectivity index (χ4n) is 3.20. The van der Waals surface area contributed by atoms with Gasteiger partial charge in [0.1, 0.15) is 18.5 Å². The lowest BCUT2D eigenvalue weighted by Gasteiger charge is -2.30. The number of halogens is 2. The van der Waals surface area contributed by atoms with E-state index in [0.29, 0.717) is 29.8 Å². The molecule has 3 aromatic rings. The molecule has 146 valence electrons. The molecule has 28 heavy (non-hydrogen) atoms. The van der Waals surface area contributed by atoms with Crippen LogP contribution in [0.2, 0.25) is 10.0 Å². The first kappa shape index (κ1) is 19.3. The molecule has 0 amide bonds. The van der Waals surface area contributed by atoms with Gasteiger partial charge >= 0.3 is 0 Å². The van der Waals surface area contributed by atoms with E-state index in [2.05, 4.69) is 4.98 Å². The molecule has 0 spiro atoms. The number of benzene rings is 2. The van der Waals surface area contributed by atoms with Gasteiger partial charge in [-0.25, -0.2) is 4.98 Å². The number of ether oxygens (including phenoxy) is 3. The third-order valence-corrected chi connectivity index (χ3v) is 5.16. The Morgan fingerprint density at radius 3 is 2.75 bits per heavy atom. The van der Waals surface area contributed by atoms with Crippen LogP contribution in [-0.4, -0.2) is 28.9 Å². The highest BCUT2D eigenvalue weighted by Gasteiger charge is 2.45. The molecule has 0 aliphatic carbocycles. The molecule has 7 heteroatoms. The van der Waals surface area contributed by atoms with E-state index < -0.39 is 5.79 Å². The number of nitrogens with zero attached hydrogens (tertiary/aromatic N) is 2. The van der Waals surface area contributed by atoms with E-state index in [1.165, 1.54) is 5.56 Å². The van der Waals surface area contributed by atoms with E-state index in [1.807, 2.05) is 48.0 Å². The second-order valence-electron chi connectivity index (χ2n) is 6.79. The Hall–Kier alpha value is -2.05. The lowest BCUT2D eigenvalue weighted by Crippen LogP contribution is -2.34. The monoisotopic (exact) mass is 418 g/mol. The van der Waals surface area contributed by atoms with Crippen molar-refractivity contribution in [2.75, 3.05) is 13.2 Å². The first-order valence-corrected chi connectivity index (χ1v) is 9.72. The minimum atomic E-state index is -1.04.